The van der Waals surface area contributed by atoms with Gasteiger partial charge in [-0.1, -0.05) is 31.2 Å². The smallest absolute Gasteiger partial charge is 0.348 e. The summed E-state index contributed by atoms with van der Waals surface area (Å²) in [5, 5.41) is 0. The topological polar surface area (TPSA) is 26.3 Å². The van der Waals surface area contributed by atoms with E-state index in [2.05, 4.69) is 0 Å². The largest absolute Gasteiger partial charge is 0.463 e. The summed E-state index contributed by atoms with van der Waals surface area (Å²) < 4.78 is 18.9. The number of benzene rings is 1. The van der Waals surface area contributed by atoms with E-state index < -0.39 is 11.6 Å². The van der Waals surface area contributed by atoms with Crippen molar-refractivity contribution in [3.63, 3.8) is 0 Å². The number of carbonyl (C=O) groups excluding carboxylic acids is 1. The van der Waals surface area contributed by atoms with E-state index in [1.165, 1.54) is 6.92 Å². The second kappa shape index (κ2) is 5.10. The zero-order valence-electron chi connectivity index (χ0n) is 9.92. The lowest BCUT2D eigenvalue weighted by Crippen LogP contribution is -2.29. The molecule has 1 rings (SSSR count). The second-order valence-electron chi connectivity index (χ2n) is 3.77. The summed E-state index contributed by atoms with van der Waals surface area (Å²) in [4.78, 5) is 11.4. The number of alkyl halides is 1. The molecule has 2 nitrogen and oxygen atoms in total. The van der Waals surface area contributed by atoms with E-state index in [0.717, 1.165) is 12.0 Å². The van der Waals surface area contributed by atoms with E-state index in [9.17, 15) is 9.18 Å². The van der Waals surface area contributed by atoms with Crippen LogP contribution in [0.1, 0.15) is 31.9 Å². The van der Waals surface area contributed by atoms with Crippen molar-refractivity contribution in [2.45, 2.75) is 32.9 Å². The van der Waals surface area contributed by atoms with E-state index in [0.29, 0.717) is 5.56 Å². The molecule has 0 bridgehead atoms. The van der Waals surface area contributed by atoms with Gasteiger partial charge in [-0.3, -0.25) is 0 Å². The van der Waals surface area contributed by atoms with Crippen LogP contribution in [-0.2, 0) is 21.6 Å². The van der Waals surface area contributed by atoms with Crippen LogP contribution in [0.3, 0.4) is 0 Å². The first kappa shape index (κ1) is 12.7. The van der Waals surface area contributed by atoms with Crippen LogP contribution in [0.25, 0.3) is 0 Å². The Bertz CT molecular complexity index is 355. The Morgan fingerprint density at radius 1 is 1.31 bits per heavy atom. The Hall–Kier alpha value is -1.38. The molecule has 1 atom stereocenters. The minimum atomic E-state index is -2.07. The quantitative estimate of drug-likeness (QED) is 0.735. The Kier molecular flexibility index (Phi) is 4.05. The van der Waals surface area contributed by atoms with Crippen molar-refractivity contribution in [1.82, 2.24) is 0 Å². The third-order valence-electron chi connectivity index (χ3n) is 2.56. The summed E-state index contributed by atoms with van der Waals surface area (Å²) in [6.07, 6.45) is 0.892. The number of hydrogen-bond donors (Lipinski definition) is 0. The fourth-order valence-electron chi connectivity index (χ4n) is 1.44. The summed E-state index contributed by atoms with van der Waals surface area (Å²) in [5.41, 5.74) is -0.617. The van der Waals surface area contributed by atoms with Crippen LogP contribution in [0.4, 0.5) is 4.39 Å². The highest BCUT2D eigenvalue weighted by atomic mass is 19.1. The van der Waals surface area contributed by atoms with Crippen LogP contribution in [-0.4, -0.2) is 12.6 Å². The van der Waals surface area contributed by atoms with Crippen molar-refractivity contribution < 1.29 is 13.9 Å². The molecule has 1 aromatic rings. The predicted octanol–water partition coefficient (Wildman–Crippen LogP) is 3.00. The average molecular weight is 224 g/mol. The molecule has 0 aliphatic heterocycles. The summed E-state index contributed by atoms with van der Waals surface area (Å²) in [6.45, 7) is 5.10. The fourth-order valence-corrected chi connectivity index (χ4v) is 1.44. The molecule has 0 saturated heterocycles. The molecule has 3 heteroatoms. The molecular weight excluding hydrogens is 207 g/mol. The summed E-state index contributed by atoms with van der Waals surface area (Å²) in [5.74, 6) is -0.834. The lowest BCUT2D eigenvalue weighted by molar-refractivity contribution is -0.156. The van der Waals surface area contributed by atoms with Gasteiger partial charge >= 0.3 is 5.97 Å². The van der Waals surface area contributed by atoms with Gasteiger partial charge in [-0.25, -0.2) is 9.18 Å². The summed E-state index contributed by atoms with van der Waals surface area (Å²) in [7, 11) is 0. The normalized spacial score (nSPS) is 14.2. The van der Waals surface area contributed by atoms with Crippen molar-refractivity contribution in [1.29, 1.82) is 0 Å². The van der Waals surface area contributed by atoms with Crippen LogP contribution >= 0.6 is 0 Å². The standard InChI is InChI=1S/C13H17FO2/c1-4-10-6-8-11(9-7-10)13(3,14)12(15)16-5-2/h6-9H,4-5H2,1-3H3. The minimum absolute atomic E-state index is 0.186. The predicted molar refractivity (Wildman–Crippen MR) is 60.9 cm³/mol. The highest BCUT2D eigenvalue weighted by molar-refractivity contribution is 5.80. The maximum absolute atomic E-state index is 14.2. The molecule has 0 fully saturated rings. The lowest BCUT2D eigenvalue weighted by atomic mass is 9.96. The Morgan fingerprint density at radius 2 is 1.88 bits per heavy atom. The third kappa shape index (κ3) is 2.60. The summed E-state index contributed by atoms with van der Waals surface area (Å²) >= 11 is 0. The van der Waals surface area contributed by atoms with Crippen molar-refractivity contribution in [2.75, 3.05) is 6.61 Å². The van der Waals surface area contributed by atoms with Crippen LogP contribution in [0.2, 0.25) is 0 Å². The van der Waals surface area contributed by atoms with E-state index in [1.54, 1.807) is 19.1 Å². The second-order valence-corrected chi connectivity index (χ2v) is 3.77. The van der Waals surface area contributed by atoms with Gasteiger partial charge in [0.2, 0.25) is 5.67 Å². The molecule has 0 heterocycles. The van der Waals surface area contributed by atoms with Gasteiger partial charge in [0, 0.05) is 5.56 Å². The Balaban J connectivity index is 2.93. The van der Waals surface area contributed by atoms with Crippen LogP contribution in [0.5, 0.6) is 0 Å². The van der Waals surface area contributed by atoms with Crippen molar-refractivity contribution in [3.8, 4) is 0 Å². The van der Waals surface area contributed by atoms with Crippen molar-refractivity contribution in [2.24, 2.45) is 0 Å². The zero-order chi connectivity index (χ0) is 12.2. The average Bonchev–Trinajstić information content (AvgIpc) is 2.29. The molecule has 0 aliphatic carbocycles. The van der Waals surface area contributed by atoms with E-state index >= 15 is 0 Å². The van der Waals surface area contributed by atoms with Gasteiger partial charge in [-0.05, 0) is 25.8 Å². The molecule has 0 spiro atoms. The van der Waals surface area contributed by atoms with Gasteiger partial charge in [-0.15, -0.1) is 0 Å². The first-order valence-corrected chi connectivity index (χ1v) is 5.48. The molecule has 1 unspecified atom stereocenters. The van der Waals surface area contributed by atoms with Crippen molar-refractivity contribution >= 4 is 5.97 Å². The van der Waals surface area contributed by atoms with Gasteiger partial charge in [0.1, 0.15) is 0 Å². The van der Waals surface area contributed by atoms with Gasteiger partial charge < -0.3 is 4.74 Å². The minimum Gasteiger partial charge on any atom is -0.463 e. The lowest BCUT2D eigenvalue weighted by Gasteiger charge is -2.18. The van der Waals surface area contributed by atoms with E-state index in [4.69, 9.17) is 4.74 Å². The third-order valence-corrected chi connectivity index (χ3v) is 2.56. The molecule has 0 N–H and O–H groups in total. The first-order valence-electron chi connectivity index (χ1n) is 5.48. The number of carbonyl (C=O) groups is 1. The number of rotatable bonds is 4. The van der Waals surface area contributed by atoms with E-state index in [-0.39, 0.29) is 6.61 Å². The van der Waals surface area contributed by atoms with Crippen LogP contribution in [0.15, 0.2) is 24.3 Å². The highest BCUT2D eigenvalue weighted by Crippen LogP contribution is 2.27. The SMILES string of the molecule is CCOC(=O)C(C)(F)c1ccc(CC)cc1. The number of halogens is 1. The fraction of sp³-hybridized carbons (Fsp3) is 0.462. The van der Waals surface area contributed by atoms with Gasteiger partial charge in [0.05, 0.1) is 6.61 Å². The summed E-state index contributed by atoms with van der Waals surface area (Å²) in [6, 6.07) is 6.92. The maximum atomic E-state index is 14.2. The first-order chi connectivity index (χ1) is 7.52. The van der Waals surface area contributed by atoms with Gasteiger partial charge in [0.15, 0.2) is 0 Å². The van der Waals surface area contributed by atoms with Gasteiger partial charge in [0.25, 0.3) is 0 Å². The molecule has 0 aliphatic rings. The molecule has 1 aromatic carbocycles. The Morgan fingerprint density at radius 3 is 2.31 bits per heavy atom. The molecule has 16 heavy (non-hydrogen) atoms. The molecule has 0 amide bonds. The number of esters is 1. The highest BCUT2D eigenvalue weighted by Gasteiger charge is 2.36. The van der Waals surface area contributed by atoms with Crippen LogP contribution in [0, 0.1) is 0 Å². The number of hydrogen-bond acceptors (Lipinski definition) is 2. The Labute approximate surface area is 95.4 Å². The van der Waals surface area contributed by atoms with Crippen molar-refractivity contribution in [3.05, 3.63) is 35.4 Å². The monoisotopic (exact) mass is 224 g/mol. The molecule has 0 aromatic heterocycles. The molecular formula is C13H17FO2. The van der Waals surface area contributed by atoms with Crippen LogP contribution < -0.4 is 0 Å². The molecule has 0 radical (unpaired) electrons. The molecule has 0 saturated carbocycles. The zero-order valence-corrected chi connectivity index (χ0v) is 9.92. The number of aryl methyl sites for hydroxylation is 1. The van der Waals surface area contributed by atoms with Gasteiger partial charge in [-0.2, -0.15) is 0 Å². The molecule has 88 valence electrons. The maximum Gasteiger partial charge on any atom is 0.348 e. The van der Waals surface area contributed by atoms with E-state index in [1.807, 2.05) is 19.1 Å². The number of ether oxygens (including phenoxy) is 1.